The molecule has 3 aromatic carbocycles. The molecule has 0 spiro atoms. The minimum absolute atomic E-state index is 0.0864. The average Bonchev–Trinajstić information content (AvgIpc) is 2.69. The molecule has 0 unspecified atom stereocenters. The molecule has 0 aromatic heterocycles. The summed E-state index contributed by atoms with van der Waals surface area (Å²) in [5.41, 5.74) is 5.31. The Morgan fingerprint density at radius 1 is 0.840 bits per heavy atom. The monoisotopic (exact) mass is 328 g/mol. The first-order chi connectivity index (χ1) is 12.3. The number of anilines is 3. The first-order valence-corrected chi connectivity index (χ1v) is 8.63. The number of rotatable bonds is 3. The molecule has 1 aliphatic heterocycles. The van der Waals surface area contributed by atoms with Gasteiger partial charge in [0.2, 0.25) is 0 Å². The van der Waals surface area contributed by atoms with Crippen molar-refractivity contribution in [1.29, 1.82) is 0 Å². The Bertz CT molecular complexity index is 872. The number of fused-ring (bicyclic) bond motifs is 1. The molecule has 3 aromatic rings. The summed E-state index contributed by atoms with van der Waals surface area (Å²) < 4.78 is 0. The molecule has 0 saturated heterocycles. The van der Waals surface area contributed by atoms with E-state index in [4.69, 9.17) is 0 Å². The number of hydrogen-bond donors (Lipinski definition) is 1. The largest absolute Gasteiger partial charge is 0.341 e. The molecule has 1 amide bonds. The molecule has 0 fully saturated rings. The van der Waals surface area contributed by atoms with E-state index in [2.05, 4.69) is 46.6 Å². The van der Waals surface area contributed by atoms with E-state index in [1.54, 1.807) is 0 Å². The van der Waals surface area contributed by atoms with Gasteiger partial charge in [-0.25, -0.2) is 0 Å². The van der Waals surface area contributed by atoms with Crippen molar-refractivity contribution in [1.82, 2.24) is 0 Å². The standard InChI is InChI=1S/C22H20N2O/c25-22(18-8-2-1-3-9-18)23-19-12-14-20(15-13-19)24-16-6-10-17-7-4-5-11-21(17)24/h1-5,7-9,11-15H,6,10,16H2,(H,23,25). The smallest absolute Gasteiger partial charge is 0.255 e. The van der Waals surface area contributed by atoms with Gasteiger partial charge in [-0.3, -0.25) is 4.79 Å². The summed E-state index contributed by atoms with van der Waals surface area (Å²) in [6.07, 6.45) is 2.29. The van der Waals surface area contributed by atoms with Gasteiger partial charge in [0.05, 0.1) is 0 Å². The molecule has 3 heteroatoms. The molecule has 1 N–H and O–H groups in total. The fraction of sp³-hybridized carbons (Fsp3) is 0.136. The number of hydrogen-bond acceptors (Lipinski definition) is 2. The predicted octanol–water partition coefficient (Wildman–Crippen LogP) is 5.02. The van der Waals surface area contributed by atoms with Gasteiger partial charge in [0.15, 0.2) is 0 Å². The van der Waals surface area contributed by atoms with Crippen molar-refractivity contribution in [3.63, 3.8) is 0 Å². The third-order valence-corrected chi connectivity index (χ3v) is 4.58. The Balaban J connectivity index is 1.52. The zero-order valence-corrected chi connectivity index (χ0v) is 14.0. The fourth-order valence-electron chi connectivity index (χ4n) is 3.32. The minimum Gasteiger partial charge on any atom is -0.341 e. The van der Waals surface area contributed by atoms with E-state index in [0.29, 0.717) is 5.56 Å². The number of para-hydroxylation sites is 1. The van der Waals surface area contributed by atoms with Crippen LogP contribution in [0.2, 0.25) is 0 Å². The molecule has 1 aliphatic rings. The quantitative estimate of drug-likeness (QED) is 0.732. The maximum atomic E-state index is 12.2. The van der Waals surface area contributed by atoms with Crippen molar-refractivity contribution >= 4 is 23.0 Å². The van der Waals surface area contributed by atoms with Gasteiger partial charge in [-0.1, -0.05) is 36.4 Å². The van der Waals surface area contributed by atoms with E-state index in [0.717, 1.165) is 30.8 Å². The highest BCUT2D eigenvalue weighted by Gasteiger charge is 2.17. The second kappa shape index (κ2) is 6.81. The van der Waals surface area contributed by atoms with Gasteiger partial charge in [-0.2, -0.15) is 0 Å². The first kappa shape index (κ1) is 15.5. The van der Waals surface area contributed by atoms with Crippen LogP contribution in [0.5, 0.6) is 0 Å². The van der Waals surface area contributed by atoms with Crippen molar-refractivity contribution in [3.8, 4) is 0 Å². The molecule has 1 heterocycles. The van der Waals surface area contributed by atoms with Gasteiger partial charge in [-0.05, 0) is 60.9 Å². The van der Waals surface area contributed by atoms with Crippen LogP contribution in [0.15, 0.2) is 78.9 Å². The van der Waals surface area contributed by atoms with E-state index in [1.165, 1.54) is 11.3 Å². The Labute approximate surface area is 147 Å². The van der Waals surface area contributed by atoms with Crippen molar-refractivity contribution in [2.45, 2.75) is 12.8 Å². The Morgan fingerprint density at radius 2 is 1.56 bits per heavy atom. The van der Waals surface area contributed by atoms with Crippen molar-refractivity contribution in [3.05, 3.63) is 90.0 Å². The lowest BCUT2D eigenvalue weighted by molar-refractivity contribution is 0.102. The zero-order chi connectivity index (χ0) is 17.1. The molecule has 0 aliphatic carbocycles. The lowest BCUT2D eigenvalue weighted by Crippen LogP contribution is -2.24. The molecular weight excluding hydrogens is 308 g/mol. The number of benzene rings is 3. The summed E-state index contributed by atoms with van der Waals surface area (Å²) in [7, 11) is 0. The maximum absolute atomic E-state index is 12.2. The van der Waals surface area contributed by atoms with E-state index in [1.807, 2.05) is 42.5 Å². The third kappa shape index (κ3) is 3.26. The van der Waals surface area contributed by atoms with Crippen LogP contribution in [0.25, 0.3) is 0 Å². The Morgan fingerprint density at radius 3 is 2.36 bits per heavy atom. The van der Waals surface area contributed by atoms with Crippen molar-refractivity contribution in [2.24, 2.45) is 0 Å². The highest BCUT2D eigenvalue weighted by Crippen LogP contribution is 2.33. The topological polar surface area (TPSA) is 32.3 Å². The van der Waals surface area contributed by atoms with E-state index < -0.39 is 0 Å². The number of carbonyl (C=O) groups is 1. The average molecular weight is 328 g/mol. The lowest BCUT2D eigenvalue weighted by Gasteiger charge is -2.31. The minimum atomic E-state index is -0.0864. The summed E-state index contributed by atoms with van der Waals surface area (Å²) in [4.78, 5) is 14.6. The van der Waals surface area contributed by atoms with Crippen molar-refractivity contribution in [2.75, 3.05) is 16.8 Å². The number of nitrogens with zero attached hydrogens (tertiary/aromatic N) is 1. The SMILES string of the molecule is O=C(Nc1ccc(N2CCCc3ccccc32)cc1)c1ccccc1. The molecule has 25 heavy (non-hydrogen) atoms. The maximum Gasteiger partial charge on any atom is 0.255 e. The summed E-state index contributed by atoms with van der Waals surface area (Å²) in [6.45, 7) is 1.02. The van der Waals surface area contributed by atoms with Crippen LogP contribution in [0, 0.1) is 0 Å². The number of amides is 1. The Kier molecular flexibility index (Phi) is 4.21. The van der Waals surface area contributed by atoms with Gasteiger partial charge < -0.3 is 10.2 Å². The molecule has 4 rings (SSSR count). The van der Waals surface area contributed by atoms with Gasteiger partial charge in [-0.15, -0.1) is 0 Å². The summed E-state index contributed by atoms with van der Waals surface area (Å²) >= 11 is 0. The van der Waals surface area contributed by atoms with Crippen LogP contribution in [-0.4, -0.2) is 12.5 Å². The Hall–Kier alpha value is -3.07. The fourth-order valence-corrected chi connectivity index (χ4v) is 3.32. The summed E-state index contributed by atoms with van der Waals surface area (Å²) in [5, 5.41) is 2.95. The molecule has 0 saturated carbocycles. The number of aryl methyl sites for hydroxylation is 1. The molecule has 0 bridgehead atoms. The molecule has 3 nitrogen and oxygen atoms in total. The van der Waals surface area contributed by atoms with Crippen LogP contribution in [0.1, 0.15) is 22.3 Å². The van der Waals surface area contributed by atoms with Crippen LogP contribution in [0.3, 0.4) is 0 Å². The zero-order valence-electron chi connectivity index (χ0n) is 14.0. The molecular formula is C22H20N2O. The van der Waals surface area contributed by atoms with Crippen LogP contribution in [0.4, 0.5) is 17.1 Å². The predicted molar refractivity (Wildman–Crippen MR) is 103 cm³/mol. The third-order valence-electron chi connectivity index (χ3n) is 4.58. The number of carbonyl (C=O) groups excluding carboxylic acids is 1. The lowest BCUT2D eigenvalue weighted by atomic mass is 10.0. The van der Waals surface area contributed by atoms with Gasteiger partial charge >= 0.3 is 0 Å². The molecule has 0 atom stereocenters. The second-order valence-electron chi connectivity index (χ2n) is 6.25. The van der Waals surface area contributed by atoms with Gasteiger partial charge in [0, 0.05) is 29.2 Å². The van der Waals surface area contributed by atoms with E-state index in [-0.39, 0.29) is 5.91 Å². The summed E-state index contributed by atoms with van der Waals surface area (Å²) in [6, 6.07) is 25.9. The molecule has 124 valence electrons. The van der Waals surface area contributed by atoms with Crippen LogP contribution in [-0.2, 0) is 6.42 Å². The van der Waals surface area contributed by atoms with Gasteiger partial charge in [0.25, 0.3) is 5.91 Å². The van der Waals surface area contributed by atoms with Gasteiger partial charge in [0.1, 0.15) is 0 Å². The van der Waals surface area contributed by atoms with E-state index >= 15 is 0 Å². The van der Waals surface area contributed by atoms with Crippen LogP contribution < -0.4 is 10.2 Å². The number of nitrogens with one attached hydrogen (secondary N) is 1. The summed E-state index contributed by atoms with van der Waals surface area (Å²) in [5.74, 6) is -0.0864. The van der Waals surface area contributed by atoms with E-state index in [9.17, 15) is 4.79 Å². The highest BCUT2D eigenvalue weighted by molar-refractivity contribution is 6.04. The normalized spacial score (nSPS) is 13.2. The van der Waals surface area contributed by atoms with Crippen molar-refractivity contribution < 1.29 is 4.79 Å². The van der Waals surface area contributed by atoms with Crippen LogP contribution >= 0.6 is 0 Å². The first-order valence-electron chi connectivity index (χ1n) is 8.63. The second-order valence-corrected chi connectivity index (χ2v) is 6.25. The highest BCUT2D eigenvalue weighted by atomic mass is 16.1. The molecule has 0 radical (unpaired) electrons.